The van der Waals surface area contributed by atoms with Crippen molar-refractivity contribution in [3.63, 3.8) is 0 Å². The molecule has 0 aromatic heterocycles. The third kappa shape index (κ3) is 3.46. The summed E-state index contributed by atoms with van der Waals surface area (Å²) in [4.78, 5) is 11.8. The van der Waals surface area contributed by atoms with Crippen molar-refractivity contribution in [2.24, 2.45) is 5.14 Å². The van der Waals surface area contributed by atoms with Gasteiger partial charge in [0.25, 0.3) is 5.91 Å². The highest BCUT2D eigenvalue weighted by Crippen LogP contribution is 2.16. The standard InChI is InChI=1S/C14H10FN3O3S/c15-13-7-9(8-16)1-6-12(13)14(19)18-10-2-4-11(5-3-10)22(17,20)21/h1-7H,(H,18,19)(H2,17,20,21). The zero-order valence-corrected chi connectivity index (χ0v) is 11.9. The van der Waals surface area contributed by atoms with Crippen LogP contribution in [0, 0.1) is 17.1 Å². The van der Waals surface area contributed by atoms with Crippen molar-refractivity contribution in [3.05, 3.63) is 59.4 Å². The van der Waals surface area contributed by atoms with Gasteiger partial charge in [0.1, 0.15) is 5.82 Å². The topological polar surface area (TPSA) is 113 Å². The number of carbonyl (C=O) groups excluding carboxylic acids is 1. The van der Waals surface area contributed by atoms with Gasteiger partial charge < -0.3 is 5.32 Å². The minimum atomic E-state index is -3.82. The van der Waals surface area contributed by atoms with Gasteiger partial charge >= 0.3 is 0 Å². The summed E-state index contributed by atoms with van der Waals surface area (Å²) in [5, 5.41) is 16.0. The molecule has 0 radical (unpaired) electrons. The van der Waals surface area contributed by atoms with Gasteiger partial charge in [0.2, 0.25) is 10.0 Å². The van der Waals surface area contributed by atoms with Gasteiger partial charge in [-0.05, 0) is 42.5 Å². The van der Waals surface area contributed by atoms with Crippen molar-refractivity contribution in [2.45, 2.75) is 4.90 Å². The van der Waals surface area contributed by atoms with Crippen LogP contribution in [0.3, 0.4) is 0 Å². The second kappa shape index (κ2) is 5.93. The second-order valence-corrected chi connectivity index (χ2v) is 5.89. The number of sulfonamides is 1. The van der Waals surface area contributed by atoms with Gasteiger partial charge in [0, 0.05) is 5.69 Å². The first-order valence-corrected chi connectivity index (χ1v) is 7.50. The number of hydrogen-bond acceptors (Lipinski definition) is 4. The van der Waals surface area contributed by atoms with Gasteiger partial charge in [-0.25, -0.2) is 17.9 Å². The minimum absolute atomic E-state index is 0.102. The zero-order chi connectivity index (χ0) is 16.3. The van der Waals surface area contributed by atoms with Crippen molar-refractivity contribution in [3.8, 4) is 6.07 Å². The molecule has 8 heteroatoms. The summed E-state index contributed by atoms with van der Waals surface area (Å²) in [6.07, 6.45) is 0. The fourth-order valence-corrected chi connectivity index (χ4v) is 2.21. The number of nitriles is 1. The number of halogens is 1. The van der Waals surface area contributed by atoms with E-state index in [9.17, 15) is 17.6 Å². The molecule has 2 rings (SSSR count). The monoisotopic (exact) mass is 319 g/mol. The van der Waals surface area contributed by atoms with E-state index >= 15 is 0 Å². The van der Waals surface area contributed by atoms with Crippen LogP contribution in [0.15, 0.2) is 47.4 Å². The molecule has 0 saturated heterocycles. The molecule has 2 aromatic rings. The minimum Gasteiger partial charge on any atom is -0.322 e. The summed E-state index contributed by atoms with van der Waals surface area (Å²) in [5.41, 5.74) is 0.155. The number of primary sulfonamides is 1. The Labute approximate surface area is 126 Å². The van der Waals surface area contributed by atoms with Crippen LogP contribution in [0.25, 0.3) is 0 Å². The summed E-state index contributed by atoms with van der Waals surface area (Å²) in [6.45, 7) is 0. The zero-order valence-electron chi connectivity index (χ0n) is 11.1. The maximum absolute atomic E-state index is 13.7. The summed E-state index contributed by atoms with van der Waals surface area (Å²) >= 11 is 0. The Morgan fingerprint density at radius 3 is 2.32 bits per heavy atom. The van der Waals surface area contributed by atoms with Crippen molar-refractivity contribution in [2.75, 3.05) is 5.32 Å². The van der Waals surface area contributed by atoms with E-state index < -0.39 is 21.7 Å². The largest absolute Gasteiger partial charge is 0.322 e. The van der Waals surface area contributed by atoms with Crippen LogP contribution in [0.5, 0.6) is 0 Å². The first-order valence-electron chi connectivity index (χ1n) is 5.95. The number of nitrogens with one attached hydrogen (secondary N) is 1. The normalized spacial score (nSPS) is 10.8. The fourth-order valence-electron chi connectivity index (χ4n) is 1.70. The predicted octanol–water partition coefficient (Wildman–Crippen LogP) is 1.60. The van der Waals surface area contributed by atoms with E-state index in [1.165, 1.54) is 36.4 Å². The first-order chi connectivity index (χ1) is 10.3. The van der Waals surface area contributed by atoms with Crippen LogP contribution < -0.4 is 10.5 Å². The third-order valence-corrected chi connectivity index (χ3v) is 3.71. The summed E-state index contributed by atoms with van der Waals surface area (Å²) in [7, 11) is -3.82. The highest BCUT2D eigenvalue weighted by Gasteiger charge is 2.13. The lowest BCUT2D eigenvalue weighted by Gasteiger charge is -2.07. The average molecular weight is 319 g/mol. The Kier molecular flexibility index (Phi) is 4.21. The molecule has 0 heterocycles. The van der Waals surface area contributed by atoms with E-state index in [0.717, 1.165) is 6.07 Å². The van der Waals surface area contributed by atoms with Crippen LogP contribution in [0.1, 0.15) is 15.9 Å². The van der Waals surface area contributed by atoms with Crippen molar-refractivity contribution >= 4 is 21.6 Å². The van der Waals surface area contributed by atoms with E-state index in [-0.39, 0.29) is 21.7 Å². The van der Waals surface area contributed by atoms with Crippen LogP contribution in [-0.2, 0) is 10.0 Å². The number of anilines is 1. The van der Waals surface area contributed by atoms with Gasteiger partial charge in [-0.15, -0.1) is 0 Å². The molecule has 0 aliphatic carbocycles. The molecule has 0 aliphatic heterocycles. The number of nitrogens with two attached hydrogens (primary N) is 1. The van der Waals surface area contributed by atoms with Crippen LogP contribution >= 0.6 is 0 Å². The molecule has 0 aliphatic rings. The van der Waals surface area contributed by atoms with E-state index in [4.69, 9.17) is 10.4 Å². The Morgan fingerprint density at radius 1 is 1.18 bits per heavy atom. The molecule has 0 saturated carbocycles. The third-order valence-electron chi connectivity index (χ3n) is 2.78. The molecule has 1 amide bonds. The fraction of sp³-hybridized carbons (Fsp3) is 0. The molecular formula is C14H10FN3O3S. The van der Waals surface area contributed by atoms with E-state index in [0.29, 0.717) is 0 Å². The maximum atomic E-state index is 13.7. The number of hydrogen-bond donors (Lipinski definition) is 2. The lowest BCUT2D eigenvalue weighted by atomic mass is 10.1. The molecule has 2 aromatic carbocycles. The smallest absolute Gasteiger partial charge is 0.258 e. The predicted molar refractivity (Wildman–Crippen MR) is 76.9 cm³/mol. The molecule has 0 atom stereocenters. The lowest BCUT2D eigenvalue weighted by Crippen LogP contribution is -2.15. The first kappa shape index (κ1) is 15.6. The number of nitrogens with zero attached hydrogens (tertiary/aromatic N) is 1. The molecule has 0 fully saturated rings. The molecule has 6 nitrogen and oxygen atoms in total. The molecule has 112 valence electrons. The quantitative estimate of drug-likeness (QED) is 0.894. The Morgan fingerprint density at radius 2 is 1.82 bits per heavy atom. The van der Waals surface area contributed by atoms with Gasteiger partial charge in [-0.2, -0.15) is 5.26 Å². The summed E-state index contributed by atoms with van der Waals surface area (Å²) in [6, 6.07) is 10.3. The van der Waals surface area contributed by atoms with E-state index in [1.807, 2.05) is 0 Å². The van der Waals surface area contributed by atoms with Crippen molar-refractivity contribution in [1.29, 1.82) is 5.26 Å². The van der Waals surface area contributed by atoms with Gasteiger partial charge in [-0.1, -0.05) is 0 Å². The molecule has 22 heavy (non-hydrogen) atoms. The van der Waals surface area contributed by atoms with Crippen LogP contribution in [0.4, 0.5) is 10.1 Å². The van der Waals surface area contributed by atoms with Gasteiger partial charge in [0.15, 0.2) is 0 Å². The Bertz CT molecular complexity index is 871. The second-order valence-electron chi connectivity index (χ2n) is 4.33. The van der Waals surface area contributed by atoms with E-state index in [1.54, 1.807) is 6.07 Å². The highest BCUT2D eigenvalue weighted by molar-refractivity contribution is 7.89. The van der Waals surface area contributed by atoms with Crippen molar-refractivity contribution < 1.29 is 17.6 Å². The van der Waals surface area contributed by atoms with Crippen molar-refractivity contribution in [1.82, 2.24) is 0 Å². The number of rotatable bonds is 3. The average Bonchev–Trinajstić information content (AvgIpc) is 2.46. The van der Waals surface area contributed by atoms with Crippen LogP contribution in [-0.4, -0.2) is 14.3 Å². The molecule has 0 bridgehead atoms. The number of carbonyl (C=O) groups is 1. The molecule has 0 unspecified atom stereocenters. The molecular weight excluding hydrogens is 309 g/mol. The summed E-state index contributed by atoms with van der Waals surface area (Å²) in [5.74, 6) is -1.54. The maximum Gasteiger partial charge on any atom is 0.258 e. The number of amides is 1. The van der Waals surface area contributed by atoms with Crippen LogP contribution in [0.2, 0.25) is 0 Å². The Hall–Kier alpha value is -2.76. The number of benzene rings is 2. The Balaban J connectivity index is 2.21. The van der Waals surface area contributed by atoms with Gasteiger partial charge in [-0.3, -0.25) is 4.79 Å². The lowest BCUT2D eigenvalue weighted by molar-refractivity contribution is 0.102. The SMILES string of the molecule is N#Cc1ccc(C(=O)Nc2ccc(S(N)(=O)=O)cc2)c(F)c1. The highest BCUT2D eigenvalue weighted by atomic mass is 32.2. The molecule has 3 N–H and O–H groups in total. The summed E-state index contributed by atoms with van der Waals surface area (Å²) < 4.78 is 35.9. The van der Waals surface area contributed by atoms with Gasteiger partial charge in [0.05, 0.1) is 22.1 Å². The van der Waals surface area contributed by atoms with E-state index in [2.05, 4.69) is 5.32 Å². The molecule has 0 spiro atoms.